The first-order chi connectivity index (χ1) is 18.8. The Kier molecular flexibility index (Phi) is 4.34. The van der Waals surface area contributed by atoms with Crippen molar-refractivity contribution < 1.29 is 0 Å². The Morgan fingerprint density at radius 2 is 1.53 bits per heavy atom. The monoisotopic (exact) mass is 490 g/mol. The van der Waals surface area contributed by atoms with Gasteiger partial charge in [-0.3, -0.25) is 9.55 Å². The summed E-state index contributed by atoms with van der Waals surface area (Å²) in [6.45, 7) is 0. The third kappa shape index (κ3) is 2.97. The SMILES string of the molecule is Cn1cc(-c2ccccn2)c2nc3c(cc21)c1ccccc1n3-c1cccc(-n2ccc3cccnc32)c1. The van der Waals surface area contributed by atoms with Crippen molar-refractivity contribution in [2.24, 2.45) is 7.05 Å². The second kappa shape index (κ2) is 7.88. The van der Waals surface area contributed by atoms with Crippen molar-refractivity contribution in [2.45, 2.75) is 0 Å². The van der Waals surface area contributed by atoms with E-state index in [4.69, 9.17) is 4.98 Å². The molecule has 0 amide bonds. The molecular formula is C32H22N6. The number of aryl methyl sites for hydroxylation is 1. The van der Waals surface area contributed by atoms with Gasteiger partial charge in [0.05, 0.1) is 16.7 Å². The van der Waals surface area contributed by atoms with Crippen molar-refractivity contribution in [3.05, 3.63) is 116 Å². The summed E-state index contributed by atoms with van der Waals surface area (Å²) in [5.41, 5.74) is 9.06. The molecule has 0 radical (unpaired) electrons. The molecule has 8 rings (SSSR count). The molecule has 6 heteroatoms. The summed E-state index contributed by atoms with van der Waals surface area (Å²) in [5, 5.41) is 3.42. The highest BCUT2D eigenvalue weighted by Gasteiger charge is 2.19. The highest BCUT2D eigenvalue weighted by molar-refractivity contribution is 6.12. The summed E-state index contributed by atoms with van der Waals surface area (Å²) in [5.74, 6) is 0. The molecule has 6 aromatic heterocycles. The van der Waals surface area contributed by atoms with Crippen LogP contribution in [-0.2, 0) is 7.05 Å². The zero-order chi connectivity index (χ0) is 25.2. The topological polar surface area (TPSA) is 53.5 Å². The van der Waals surface area contributed by atoms with Crippen LogP contribution in [0.4, 0.5) is 0 Å². The largest absolute Gasteiger partial charge is 0.349 e. The molecule has 0 bridgehead atoms. The Balaban J connectivity index is 1.42. The van der Waals surface area contributed by atoms with E-state index in [1.807, 2.05) is 36.7 Å². The number of para-hydroxylation sites is 1. The molecule has 0 aliphatic rings. The van der Waals surface area contributed by atoms with Crippen molar-refractivity contribution in [2.75, 3.05) is 0 Å². The van der Waals surface area contributed by atoms with Gasteiger partial charge in [-0.05, 0) is 60.7 Å². The predicted molar refractivity (Wildman–Crippen MR) is 153 cm³/mol. The third-order valence-corrected chi connectivity index (χ3v) is 7.34. The van der Waals surface area contributed by atoms with Gasteiger partial charge < -0.3 is 9.13 Å². The Labute approximate surface area is 218 Å². The minimum Gasteiger partial charge on any atom is -0.349 e. The van der Waals surface area contributed by atoms with Crippen LogP contribution in [0.5, 0.6) is 0 Å². The van der Waals surface area contributed by atoms with Crippen LogP contribution < -0.4 is 0 Å². The molecule has 2 aromatic carbocycles. The molecule has 0 saturated heterocycles. The number of fused-ring (bicyclic) bond motifs is 5. The fraction of sp³-hybridized carbons (Fsp3) is 0.0312. The van der Waals surface area contributed by atoms with Crippen LogP contribution in [0.15, 0.2) is 116 Å². The molecule has 180 valence electrons. The number of nitrogens with zero attached hydrogens (tertiary/aromatic N) is 6. The Morgan fingerprint density at radius 1 is 0.658 bits per heavy atom. The molecule has 0 atom stereocenters. The second-order valence-electron chi connectivity index (χ2n) is 9.57. The summed E-state index contributed by atoms with van der Waals surface area (Å²) in [6, 6.07) is 31.5. The lowest BCUT2D eigenvalue weighted by molar-refractivity contribution is 0.969. The lowest BCUT2D eigenvalue weighted by Gasteiger charge is -2.11. The second-order valence-corrected chi connectivity index (χ2v) is 9.57. The van der Waals surface area contributed by atoms with Crippen molar-refractivity contribution in [3.63, 3.8) is 0 Å². The van der Waals surface area contributed by atoms with Crippen LogP contribution in [0.2, 0.25) is 0 Å². The van der Waals surface area contributed by atoms with Crippen molar-refractivity contribution in [3.8, 4) is 22.6 Å². The number of pyridine rings is 3. The van der Waals surface area contributed by atoms with Crippen LogP contribution in [0.3, 0.4) is 0 Å². The van der Waals surface area contributed by atoms with E-state index in [2.05, 4.69) is 110 Å². The molecule has 0 unspecified atom stereocenters. The van der Waals surface area contributed by atoms with Gasteiger partial charge in [-0.15, -0.1) is 0 Å². The van der Waals surface area contributed by atoms with Crippen LogP contribution in [0.1, 0.15) is 0 Å². The van der Waals surface area contributed by atoms with E-state index in [-0.39, 0.29) is 0 Å². The fourth-order valence-corrected chi connectivity index (χ4v) is 5.59. The van der Waals surface area contributed by atoms with E-state index >= 15 is 0 Å². The zero-order valence-electron chi connectivity index (χ0n) is 20.7. The third-order valence-electron chi connectivity index (χ3n) is 7.34. The van der Waals surface area contributed by atoms with Gasteiger partial charge in [0.1, 0.15) is 16.8 Å². The lowest BCUT2D eigenvalue weighted by Crippen LogP contribution is -1.99. The van der Waals surface area contributed by atoms with Crippen molar-refractivity contribution in [1.82, 2.24) is 28.7 Å². The molecule has 0 N–H and O–H groups in total. The fourth-order valence-electron chi connectivity index (χ4n) is 5.59. The summed E-state index contributed by atoms with van der Waals surface area (Å²) < 4.78 is 6.54. The first kappa shape index (κ1) is 20.9. The van der Waals surface area contributed by atoms with E-state index in [0.29, 0.717) is 0 Å². The molecule has 38 heavy (non-hydrogen) atoms. The van der Waals surface area contributed by atoms with Gasteiger partial charge in [0.15, 0.2) is 0 Å². The summed E-state index contributed by atoms with van der Waals surface area (Å²) in [6.07, 6.45) is 7.86. The van der Waals surface area contributed by atoms with Crippen LogP contribution in [0.25, 0.3) is 66.6 Å². The number of hydrogen-bond acceptors (Lipinski definition) is 3. The Bertz CT molecular complexity index is 2150. The summed E-state index contributed by atoms with van der Waals surface area (Å²) >= 11 is 0. The van der Waals surface area contributed by atoms with Gasteiger partial charge in [-0.2, -0.15) is 0 Å². The standard InChI is InChI=1S/C32H22N6/c1-36-20-26(27-12-4-5-15-33-27)30-29(36)19-25-24-11-2-3-13-28(24)38(32(25)35-30)23-10-6-9-22(18-23)37-17-14-21-8-7-16-34-31(21)37/h2-20H,1H3. The molecule has 0 fully saturated rings. The minimum absolute atomic E-state index is 0.918. The van der Waals surface area contributed by atoms with E-state index in [9.17, 15) is 0 Å². The van der Waals surface area contributed by atoms with E-state index in [1.165, 1.54) is 5.39 Å². The number of rotatable bonds is 3. The van der Waals surface area contributed by atoms with Gasteiger partial charge in [0.25, 0.3) is 0 Å². The van der Waals surface area contributed by atoms with Gasteiger partial charge in [-0.25, -0.2) is 9.97 Å². The van der Waals surface area contributed by atoms with Crippen LogP contribution in [0, 0.1) is 0 Å². The van der Waals surface area contributed by atoms with Crippen molar-refractivity contribution >= 4 is 44.0 Å². The predicted octanol–water partition coefficient (Wildman–Crippen LogP) is 7.07. The quantitative estimate of drug-likeness (QED) is 0.266. The van der Waals surface area contributed by atoms with Crippen molar-refractivity contribution in [1.29, 1.82) is 0 Å². The number of benzene rings is 2. The smallest absolute Gasteiger partial charge is 0.146 e. The highest BCUT2D eigenvalue weighted by atomic mass is 15.1. The average Bonchev–Trinajstić information content (AvgIpc) is 3.64. The maximum atomic E-state index is 5.31. The Hall–Kier alpha value is -5.23. The molecule has 0 saturated carbocycles. The van der Waals surface area contributed by atoms with Gasteiger partial charge >= 0.3 is 0 Å². The molecule has 6 nitrogen and oxygen atoms in total. The maximum absolute atomic E-state index is 5.31. The first-order valence-corrected chi connectivity index (χ1v) is 12.6. The first-order valence-electron chi connectivity index (χ1n) is 12.6. The van der Waals surface area contributed by atoms with Crippen LogP contribution in [-0.4, -0.2) is 28.7 Å². The van der Waals surface area contributed by atoms with E-state index in [0.717, 1.165) is 61.2 Å². The molecule has 6 heterocycles. The lowest BCUT2D eigenvalue weighted by atomic mass is 10.1. The van der Waals surface area contributed by atoms with Gasteiger partial charge in [0.2, 0.25) is 0 Å². The van der Waals surface area contributed by atoms with Gasteiger partial charge in [-0.1, -0.05) is 30.3 Å². The number of hydrogen-bond donors (Lipinski definition) is 0. The van der Waals surface area contributed by atoms with Crippen LogP contribution >= 0.6 is 0 Å². The molecular weight excluding hydrogens is 468 g/mol. The molecule has 8 aromatic rings. The maximum Gasteiger partial charge on any atom is 0.146 e. The minimum atomic E-state index is 0.918. The normalized spacial score (nSPS) is 11.8. The van der Waals surface area contributed by atoms with E-state index < -0.39 is 0 Å². The molecule has 0 aliphatic heterocycles. The molecule has 0 spiro atoms. The van der Waals surface area contributed by atoms with Gasteiger partial charge in [0, 0.05) is 64.9 Å². The summed E-state index contributed by atoms with van der Waals surface area (Å²) in [7, 11) is 2.07. The average molecular weight is 491 g/mol. The zero-order valence-corrected chi connectivity index (χ0v) is 20.7. The highest BCUT2D eigenvalue weighted by Crippen LogP contribution is 2.36. The number of aromatic nitrogens is 6. The Morgan fingerprint density at radius 3 is 2.45 bits per heavy atom. The van der Waals surface area contributed by atoms with E-state index in [1.54, 1.807) is 0 Å². The summed E-state index contributed by atoms with van der Waals surface area (Å²) in [4.78, 5) is 14.5. The molecule has 0 aliphatic carbocycles.